The van der Waals surface area contributed by atoms with E-state index in [9.17, 15) is 4.79 Å². The van der Waals surface area contributed by atoms with E-state index in [4.69, 9.17) is 0 Å². The molecule has 0 atom stereocenters. The number of imidazole rings is 1. The second kappa shape index (κ2) is 6.08. The molecule has 2 aromatic carbocycles. The lowest BCUT2D eigenvalue weighted by Gasteiger charge is -2.11. The molecule has 0 aliphatic carbocycles. The van der Waals surface area contributed by atoms with Crippen LogP contribution in [0.1, 0.15) is 16.2 Å². The summed E-state index contributed by atoms with van der Waals surface area (Å²) in [5.74, 6) is 0.354. The van der Waals surface area contributed by atoms with Gasteiger partial charge in [0.15, 0.2) is 5.82 Å². The van der Waals surface area contributed by atoms with Gasteiger partial charge in [-0.3, -0.25) is 4.79 Å². The smallest absolute Gasteiger partial charge is 0.221 e. The highest BCUT2D eigenvalue weighted by atomic mass is 16.1. The van der Waals surface area contributed by atoms with Crippen molar-refractivity contribution in [2.45, 2.75) is 0 Å². The summed E-state index contributed by atoms with van der Waals surface area (Å²) < 4.78 is 1.83. The number of aromatic nitrogens is 2. The van der Waals surface area contributed by atoms with Gasteiger partial charge >= 0.3 is 0 Å². The van der Waals surface area contributed by atoms with Gasteiger partial charge in [0, 0.05) is 26.8 Å². The van der Waals surface area contributed by atoms with Crippen molar-refractivity contribution in [3.05, 3.63) is 66.0 Å². The Morgan fingerprint density at radius 1 is 1.09 bits per heavy atom. The molecule has 0 fully saturated rings. The van der Waals surface area contributed by atoms with Crippen LogP contribution in [0.4, 0.5) is 5.69 Å². The average Bonchev–Trinajstić information content (AvgIpc) is 2.90. The lowest BCUT2D eigenvalue weighted by molar-refractivity contribution is 0.103. The number of aryl methyl sites for hydroxylation is 1. The third kappa shape index (κ3) is 3.01. The Balaban J connectivity index is 1.83. The first-order valence-corrected chi connectivity index (χ1v) is 7.47. The van der Waals surface area contributed by atoms with Crippen molar-refractivity contribution in [2.75, 3.05) is 19.0 Å². The summed E-state index contributed by atoms with van der Waals surface area (Å²) in [6.45, 7) is 0. The van der Waals surface area contributed by atoms with Crippen LogP contribution in [0.25, 0.3) is 17.1 Å². The number of hydrogen-bond acceptors (Lipinski definition) is 3. The largest absolute Gasteiger partial charge is 0.378 e. The molecular weight excluding hydrogens is 286 g/mol. The molecule has 3 aromatic rings. The summed E-state index contributed by atoms with van der Waals surface area (Å²) in [7, 11) is 5.86. The monoisotopic (exact) mass is 305 g/mol. The predicted octanol–water partition coefficient (Wildman–Crippen LogP) is 3.54. The maximum Gasteiger partial charge on any atom is 0.221 e. The van der Waals surface area contributed by atoms with E-state index >= 15 is 0 Å². The fourth-order valence-corrected chi connectivity index (χ4v) is 2.50. The number of hydrogen-bond donors (Lipinski definition) is 0. The molecule has 4 heteroatoms. The van der Waals surface area contributed by atoms with Gasteiger partial charge in [0.25, 0.3) is 0 Å². The minimum Gasteiger partial charge on any atom is -0.378 e. The normalized spacial score (nSPS) is 11.3. The first-order valence-electron chi connectivity index (χ1n) is 7.47. The van der Waals surface area contributed by atoms with Crippen LogP contribution in [-0.2, 0) is 7.05 Å². The van der Waals surface area contributed by atoms with Gasteiger partial charge in [-0.05, 0) is 35.9 Å². The number of para-hydroxylation sites is 2. The molecule has 0 amide bonds. The maximum absolute atomic E-state index is 12.4. The minimum atomic E-state index is -0.0969. The Labute approximate surface area is 135 Å². The van der Waals surface area contributed by atoms with Gasteiger partial charge in [-0.2, -0.15) is 0 Å². The van der Waals surface area contributed by atoms with Gasteiger partial charge in [-0.1, -0.05) is 30.3 Å². The standard InChI is InChI=1S/C19H19N3O/c1-21(2)15-11-8-14(9-12-15)10-13-18(23)19-20-16-6-4-5-7-17(16)22(19)3/h4-13H,1-3H3/b13-10+. The van der Waals surface area contributed by atoms with Crippen molar-refractivity contribution in [1.29, 1.82) is 0 Å². The molecule has 0 unspecified atom stereocenters. The van der Waals surface area contributed by atoms with E-state index < -0.39 is 0 Å². The SMILES string of the molecule is CN(C)c1ccc(/C=C/C(=O)c2nc3ccccc3n2C)cc1. The Bertz CT molecular complexity index is 873. The molecule has 0 N–H and O–H groups in total. The second-order valence-corrected chi connectivity index (χ2v) is 5.67. The van der Waals surface area contributed by atoms with Gasteiger partial charge in [0.05, 0.1) is 11.0 Å². The molecule has 23 heavy (non-hydrogen) atoms. The van der Waals surface area contributed by atoms with Crippen LogP contribution in [-0.4, -0.2) is 29.4 Å². The summed E-state index contributed by atoms with van der Waals surface area (Å²) in [5.41, 5.74) is 3.91. The third-order valence-corrected chi connectivity index (χ3v) is 3.84. The highest BCUT2D eigenvalue weighted by Crippen LogP contribution is 2.16. The van der Waals surface area contributed by atoms with Crippen LogP contribution in [0.5, 0.6) is 0 Å². The molecule has 116 valence electrons. The van der Waals surface area contributed by atoms with Gasteiger partial charge in [0.2, 0.25) is 5.78 Å². The number of rotatable bonds is 4. The zero-order valence-corrected chi connectivity index (χ0v) is 13.5. The van der Waals surface area contributed by atoms with Crippen molar-refractivity contribution in [3.8, 4) is 0 Å². The molecule has 0 aliphatic rings. The van der Waals surface area contributed by atoms with Crippen molar-refractivity contribution in [3.63, 3.8) is 0 Å². The Kier molecular flexibility index (Phi) is 3.98. The molecule has 1 aromatic heterocycles. The molecule has 0 bridgehead atoms. The van der Waals surface area contributed by atoms with E-state index in [1.165, 1.54) is 0 Å². The van der Waals surface area contributed by atoms with E-state index in [2.05, 4.69) is 4.98 Å². The summed E-state index contributed by atoms with van der Waals surface area (Å²) in [6, 6.07) is 15.8. The number of anilines is 1. The van der Waals surface area contributed by atoms with Crippen LogP contribution in [0.3, 0.4) is 0 Å². The van der Waals surface area contributed by atoms with E-state index in [0.717, 1.165) is 22.3 Å². The van der Waals surface area contributed by atoms with Gasteiger partial charge < -0.3 is 9.47 Å². The number of fused-ring (bicyclic) bond motifs is 1. The van der Waals surface area contributed by atoms with E-state index in [1.807, 2.05) is 85.2 Å². The van der Waals surface area contributed by atoms with E-state index in [0.29, 0.717) is 5.82 Å². The minimum absolute atomic E-state index is 0.0969. The highest BCUT2D eigenvalue weighted by molar-refractivity contribution is 6.06. The van der Waals surface area contributed by atoms with E-state index in [-0.39, 0.29) is 5.78 Å². The van der Waals surface area contributed by atoms with Crippen LogP contribution in [0, 0.1) is 0 Å². The van der Waals surface area contributed by atoms with Crippen LogP contribution >= 0.6 is 0 Å². The quantitative estimate of drug-likeness (QED) is 0.546. The summed E-state index contributed by atoms with van der Waals surface area (Å²) in [6.07, 6.45) is 3.40. The van der Waals surface area contributed by atoms with Gasteiger partial charge in [0.1, 0.15) is 0 Å². The number of carbonyl (C=O) groups excluding carboxylic acids is 1. The van der Waals surface area contributed by atoms with Crippen molar-refractivity contribution < 1.29 is 4.79 Å². The molecule has 4 nitrogen and oxygen atoms in total. The second-order valence-electron chi connectivity index (χ2n) is 5.67. The third-order valence-electron chi connectivity index (χ3n) is 3.84. The van der Waals surface area contributed by atoms with E-state index in [1.54, 1.807) is 6.08 Å². The highest BCUT2D eigenvalue weighted by Gasteiger charge is 2.12. The lowest BCUT2D eigenvalue weighted by atomic mass is 10.1. The average molecular weight is 305 g/mol. The zero-order valence-electron chi connectivity index (χ0n) is 13.5. The fourth-order valence-electron chi connectivity index (χ4n) is 2.50. The predicted molar refractivity (Wildman–Crippen MR) is 94.8 cm³/mol. The number of nitrogens with zero attached hydrogens (tertiary/aromatic N) is 3. The first-order chi connectivity index (χ1) is 11.1. The topological polar surface area (TPSA) is 38.1 Å². The molecule has 3 rings (SSSR count). The lowest BCUT2D eigenvalue weighted by Crippen LogP contribution is -2.07. The number of allylic oxidation sites excluding steroid dienone is 1. The molecule has 0 saturated carbocycles. The Morgan fingerprint density at radius 2 is 1.78 bits per heavy atom. The molecule has 0 saturated heterocycles. The van der Waals surface area contributed by atoms with Crippen molar-refractivity contribution >= 4 is 28.6 Å². The summed E-state index contributed by atoms with van der Waals surface area (Å²) in [4.78, 5) is 18.9. The Hall–Kier alpha value is -2.88. The van der Waals surface area contributed by atoms with Gasteiger partial charge in [-0.25, -0.2) is 4.98 Å². The van der Waals surface area contributed by atoms with Gasteiger partial charge in [-0.15, -0.1) is 0 Å². The number of benzene rings is 2. The molecule has 1 heterocycles. The van der Waals surface area contributed by atoms with Crippen molar-refractivity contribution in [2.24, 2.45) is 7.05 Å². The van der Waals surface area contributed by atoms with Crippen LogP contribution in [0.2, 0.25) is 0 Å². The first kappa shape index (κ1) is 15.0. The Morgan fingerprint density at radius 3 is 2.43 bits per heavy atom. The zero-order chi connectivity index (χ0) is 16.4. The molecule has 0 spiro atoms. The van der Waals surface area contributed by atoms with Crippen LogP contribution in [0.15, 0.2) is 54.6 Å². The number of carbonyl (C=O) groups is 1. The molecule has 0 aliphatic heterocycles. The molecular formula is C19H19N3O. The number of ketones is 1. The summed E-state index contributed by atoms with van der Waals surface area (Å²) in [5, 5.41) is 0. The maximum atomic E-state index is 12.4. The molecule has 0 radical (unpaired) electrons. The fraction of sp³-hybridized carbons (Fsp3) is 0.158. The van der Waals surface area contributed by atoms with Crippen LogP contribution < -0.4 is 4.90 Å². The summed E-state index contributed by atoms with van der Waals surface area (Å²) >= 11 is 0. The van der Waals surface area contributed by atoms with Crippen molar-refractivity contribution in [1.82, 2.24) is 9.55 Å².